The van der Waals surface area contributed by atoms with Crippen molar-refractivity contribution in [3.05, 3.63) is 30.1 Å². The maximum atomic E-state index is 13.0. The largest absolute Gasteiger partial charge is 0.388 e. The highest BCUT2D eigenvalue weighted by Crippen LogP contribution is 2.20. The van der Waals surface area contributed by atoms with Crippen LogP contribution >= 0.6 is 0 Å². The predicted octanol–water partition coefficient (Wildman–Crippen LogP) is -0.0909. The minimum Gasteiger partial charge on any atom is -0.388 e. The van der Waals surface area contributed by atoms with E-state index in [1.165, 1.54) is 30.1 Å². The van der Waals surface area contributed by atoms with E-state index in [4.69, 9.17) is 4.74 Å². The van der Waals surface area contributed by atoms with Gasteiger partial charge in [-0.05, 0) is 18.2 Å². The van der Waals surface area contributed by atoms with Gasteiger partial charge in [0.15, 0.2) is 6.10 Å². The Morgan fingerprint density at radius 1 is 1.50 bits per heavy atom. The third-order valence-corrected chi connectivity index (χ3v) is 2.92. The van der Waals surface area contributed by atoms with Gasteiger partial charge in [0.25, 0.3) is 5.91 Å². The molecule has 5 nitrogen and oxygen atoms in total. The Balaban J connectivity index is 2.14. The summed E-state index contributed by atoms with van der Waals surface area (Å²) in [6.45, 7) is -0.0887. The van der Waals surface area contributed by atoms with Crippen LogP contribution in [0.2, 0.25) is 0 Å². The number of benzene rings is 1. The molecule has 2 N–H and O–H groups in total. The van der Waals surface area contributed by atoms with Gasteiger partial charge in [-0.25, -0.2) is 4.39 Å². The Hall–Kier alpha value is -1.50. The zero-order chi connectivity index (χ0) is 13.3. The zero-order valence-electron chi connectivity index (χ0n) is 9.78. The fourth-order valence-corrected chi connectivity index (χ4v) is 1.82. The van der Waals surface area contributed by atoms with Crippen molar-refractivity contribution in [2.75, 3.05) is 18.6 Å². The first kappa shape index (κ1) is 12.9. The number of hydrogen-bond donors (Lipinski definition) is 2. The van der Waals surface area contributed by atoms with E-state index >= 15 is 0 Å². The predicted molar refractivity (Wildman–Crippen MR) is 61.6 cm³/mol. The minimum atomic E-state index is -1.26. The van der Waals surface area contributed by atoms with Crippen LogP contribution in [-0.4, -0.2) is 48.1 Å². The highest BCUT2D eigenvalue weighted by atomic mass is 19.1. The smallest absolute Gasteiger partial charge is 0.258 e. The van der Waals surface area contributed by atoms with E-state index in [1.54, 1.807) is 6.07 Å². The molecule has 0 radical (unpaired) electrons. The van der Waals surface area contributed by atoms with Crippen molar-refractivity contribution in [1.82, 2.24) is 0 Å². The van der Waals surface area contributed by atoms with Crippen LogP contribution in [0.5, 0.6) is 0 Å². The molecular formula is C12H14FNO4. The molecule has 1 heterocycles. The lowest BCUT2D eigenvalue weighted by Crippen LogP contribution is -2.43. The first-order chi connectivity index (χ1) is 8.50. The van der Waals surface area contributed by atoms with Gasteiger partial charge in [0.2, 0.25) is 0 Å². The summed E-state index contributed by atoms with van der Waals surface area (Å²) in [4.78, 5) is 13.2. The highest BCUT2D eigenvalue weighted by Gasteiger charge is 2.41. The topological polar surface area (TPSA) is 70.0 Å². The molecule has 1 aromatic rings. The average Bonchev–Trinajstić information content (AvgIpc) is 2.68. The summed E-state index contributed by atoms with van der Waals surface area (Å²) in [5, 5.41) is 18.9. The van der Waals surface area contributed by atoms with E-state index in [0.717, 1.165) is 0 Å². The molecule has 2 rings (SSSR count). The van der Waals surface area contributed by atoms with E-state index in [2.05, 4.69) is 0 Å². The standard InChI is InChI=1S/C12H14FNO4/c1-14(8-4-2-3-7(13)5-8)12(17)11-10(16)9(15)6-18-11/h2-5,9-11,15-16H,6H2,1H3/t9-,10-,11?/m1/s1. The normalized spacial score (nSPS) is 27.2. The van der Waals surface area contributed by atoms with Gasteiger partial charge in [-0.2, -0.15) is 0 Å². The summed E-state index contributed by atoms with van der Waals surface area (Å²) >= 11 is 0. The molecule has 1 aromatic carbocycles. The van der Waals surface area contributed by atoms with E-state index in [1.807, 2.05) is 0 Å². The number of halogens is 1. The number of aliphatic hydroxyl groups is 2. The molecule has 0 aliphatic carbocycles. The van der Waals surface area contributed by atoms with Crippen LogP contribution in [0, 0.1) is 5.82 Å². The SMILES string of the molecule is CN(C(=O)C1OC[C@@H](O)[C@H]1O)c1cccc(F)c1. The number of amides is 1. The zero-order valence-corrected chi connectivity index (χ0v) is 9.78. The molecule has 1 unspecified atom stereocenters. The lowest BCUT2D eigenvalue weighted by molar-refractivity contribution is -0.130. The molecule has 3 atom stereocenters. The molecule has 1 aliphatic heterocycles. The van der Waals surface area contributed by atoms with Crippen molar-refractivity contribution in [2.45, 2.75) is 18.3 Å². The lowest BCUT2D eigenvalue weighted by atomic mass is 10.1. The van der Waals surface area contributed by atoms with Crippen LogP contribution in [0.15, 0.2) is 24.3 Å². The first-order valence-corrected chi connectivity index (χ1v) is 5.51. The molecular weight excluding hydrogens is 241 g/mol. The van der Waals surface area contributed by atoms with Crippen molar-refractivity contribution >= 4 is 11.6 Å². The number of ether oxygens (including phenoxy) is 1. The fourth-order valence-electron chi connectivity index (χ4n) is 1.82. The van der Waals surface area contributed by atoms with Crippen molar-refractivity contribution < 1.29 is 24.1 Å². The van der Waals surface area contributed by atoms with Gasteiger partial charge in [-0.1, -0.05) is 6.07 Å². The highest BCUT2D eigenvalue weighted by molar-refractivity contribution is 5.96. The Morgan fingerprint density at radius 3 is 2.78 bits per heavy atom. The number of carbonyl (C=O) groups excluding carboxylic acids is 1. The Bertz CT molecular complexity index is 453. The van der Waals surface area contributed by atoms with Crippen LogP contribution in [0.4, 0.5) is 10.1 Å². The number of carbonyl (C=O) groups is 1. The molecule has 0 spiro atoms. The van der Waals surface area contributed by atoms with E-state index < -0.39 is 30.0 Å². The van der Waals surface area contributed by atoms with Crippen LogP contribution < -0.4 is 4.90 Å². The van der Waals surface area contributed by atoms with Crippen LogP contribution in [0.25, 0.3) is 0 Å². The summed E-state index contributed by atoms with van der Waals surface area (Å²) in [5.41, 5.74) is 0.359. The molecule has 18 heavy (non-hydrogen) atoms. The van der Waals surface area contributed by atoms with Crippen molar-refractivity contribution in [3.63, 3.8) is 0 Å². The summed E-state index contributed by atoms with van der Waals surface area (Å²) in [5.74, 6) is -0.982. The van der Waals surface area contributed by atoms with Crippen LogP contribution in [0.3, 0.4) is 0 Å². The average molecular weight is 255 g/mol. The van der Waals surface area contributed by atoms with Gasteiger partial charge >= 0.3 is 0 Å². The van der Waals surface area contributed by atoms with Gasteiger partial charge < -0.3 is 19.8 Å². The van der Waals surface area contributed by atoms with Crippen molar-refractivity contribution in [3.8, 4) is 0 Å². The van der Waals surface area contributed by atoms with Gasteiger partial charge in [-0.15, -0.1) is 0 Å². The minimum absolute atomic E-state index is 0.0887. The summed E-state index contributed by atoms with van der Waals surface area (Å²) in [7, 11) is 1.46. The van der Waals surface area contributed by atoms with Gasteiger partial charge in [-0.3, -0.25) is 4.79 Å². The lowest BCUT2D eigenvalue weighted by Gasteiger charge is -2.22. The fraction of sp³-hybridized carbons (Fsp3) is 0.417. The molecule has 1 aliphatic rings. The second-order valence-electron chi connectivity index (χ2n) is 4.19. The summed E-state index contributed by atoms with van der Waals surface area (Å²) in [6.07, 6.45) is -3.44. The molecule has 1 fully saturated rings. The summed E-state index contributed by atoms with van der Waals surface area (Å²) in [6, 6.07) is 5.52. The van der Waals surface area contributed by atoms with E-state index in [9.17, 15) is 19.4 Å². The second kappa shape index (κ2) is 5.01. The Kier molecular flexibility index (Phi) is 3.60. The third kappa shape index (κ3) is 2.35. The second-order valence-corrected chi connectivity index (χ2v) is 4.19. The van der Waals surface area contributed by atoms with E-state index in [0.29, 0.717) is 5.69 Å². The molecule has 0 aromatic heterocycles. The van der Waals surface area contributed by atoms with Gasteiger partial charge in [0.1, 0.15) is 18.0 Å². The molecule has 0 saturated carbocycles. The van der Waals surface area contributed by atoms with Crippen molar-refractivity contribution in [1.29, 1.82) is 0 Å². The Labute approximate surface area is 103 Å². The number of hydrogen-bond acceptors (Lipinski definition) is 4. The molecule has 0 bridgehead atoms. The number of likely N-dealkylation sites (N-methyl/N-ethyl adjacent to an activating group) is 1. The van der Waals surface area contributed by atoms with Crippen molar-refractivity contribution in [2.24, 2.45) is 0 Å². The third-order valence-electron chi connectivity index (χ3n) is 2.92. The molecule has 98 valence electrons. The Morgan fingerprint density at radius 2 is 2.22 bits per heavy atom. The maximum absolute atomic E-state index is 13.0. The number of nitrogens with zero attached hydrogens (tertiary/aromatic N) is 1. The quantitative estimate of drug-likeness (QED) is 0.775. The summed E-state index contributed by atoms with van der Waals surface area (Å²) < 4.78 is 18.1. The molecule has 1 saturated heterocycles. The monoisotopic (exact) mass is 255 g/mol. The van der Waals surface area contributed by atoms with Crippen LogP contribution in [-0.2, 0) is 9.53 Å². The maximum Gasteiger partial charge on any atom is 0.258 e. The first-order valence-electron chi connectivity index (χ1n) is 5.51. The van der Waals surface area contributed by atoms with E-state index in [-0.39, 0.29) is 6.61 Å². The van der Waals surface area contributed by atoms with Gasteiger partial charge in [0, 0.05) is 12.7 Å². The number of anilines is 1. The molecule has 1 amide bonds. The molecule has 6 heteroatoms. The number of aliphatic hydroxyl groups excluding tert-OH is 2. The number of rotatable bonds is 2. The van der Waals surface area contributed by atoms with Gasteiger partial charge in [0.05, 0.1) is 6.61 Å². The van der Waals surface area contributed by atoms with Crippen LogP contribution in [0.1, 0.15) is 0 Å².